The molecule has 0 radical (unpaired) electrons. The van der Waals surface area contributed by atoms with E-state index in [1.54, 1.807) is 0 Å². The molecule has 1 unspecified atom stereocenters. The van der Waals surface area contributed by atoms with E-state index < -0.39 is 0 Å². The summed E-state index contributed by atoms with van der Waals surface area (Å²) in [6.07, 6.45) is 2.11. The van der Waals surface area contributed by atoms with Gasteiger partial charge in [-0.1, -0.05) is 27.2 Å². The minimum absolute atomic E-state index is 0.00120. The van der Waals surface area contributed by atoms with Crippen molar-refractivity contribution in [3.8, 4) is 6.07 Å². The Balaban J connectivity index is 3.75. The van der Waals surface area contributed by atoms with Crippen molar-refractivity contribution in [2.24, 2.45) is 11.8 Å². The Hall–Kier alpha value is -1.04. The van der Waals surface area contributed by atoms with Crippen molar-refractivity contribution in [1.82, 2.24) is 5.32 Å². The van der Waals surface area contributed by atoms with Gasteiger partial charge < -0.3 is 5.32 Å². The van der Waals surface area contributed by atoms with Gasteiger partial charge in [0.2, 0.25) is 5.91 Å². The van der Waals surface area contributed by atoms with E-state index in [0.717, 1.165) is 12.8 Å². The number of hydrogen-bond acceptors (Lipinski definition) is 2. The lowest BCUT2D eigenvalue weighted by atomic mass is 10.0. The highest BCUT2D eigenvalue weighted by molar-refractivity contribution is 5.76. The standard InChI is InChI=1S/C11H20N2O/c1-4-5-10(7-12)6-11(14)13-8-9(2)3/h9-10H,4-6,8H2,1-3H3,(H,13,14). The van der Waals surface area contributed by atoms with Crippen LogP contribution in [-0.4, -0.2) is 12.5 Å². The molecular formula is C11H20N2O. The van der Waals surface area contributed by atoms with Crippen LogP contribution in [0, 0.1) is 23.2 Å². The van der Waals surface area contributed by atoms with E-state index in [4.69, 9.17) is 5.26 Å². The molecule has 0 bridgehead atoms. The number of nitrogens with one attached hydrogen (secondary N) is 1. The molecule has 0 aromatic heterocycles. The quantitative estimate of drug-likeness (QED) is 0.707. The van der Waals surface area contributed by atoms with Crippen molar-refractivity contribution in [1.29, 1.82) is 5.26 Å². The molecule has 0 aliphatic rings. The summed E-state index contributed by atoms with van der Waals surface area (Å²) < 4.78 is 0. The van der Waals surface area contributed by atoms with Crippen molar-refractivity contribution in [3.63, 3.8) is 0 Å². The molecule has 3 nitrogen and oxygen atoms in total. The normalized spacial score (nSPS) is 12.2. The highest BCUT2D eigenvalue weighted by atomic mass is 16.1. The van der Waals surface area contributed by atoms with E-state index in [9.17, 15) is 4.79 Å². The fourth-order valence-corrected chi connectivity index (χ4v) is 1.17. The molecule has 1 N–H and O–H groups in total. The lowest BCUT2D eigenvalue weighted by molar-refractivity contribution is -0.121. The highest BCUT2D eigenvalue weighted by Gasteiger charge is 2.11. The molecule has 3 heteroatoms. The Labute approximate surface area is 86.5 Å². The molecule has 0 aliphatic carbocycles. The zero-order valence-electron chi connectivity index (χ0n) is 9.34. The predicted molar refractivity (Wildman–Crippen MR) is 56.5 cm³/mol. The Morgan fingerprint density at radius 2 is 2.14 bits per heavy atom. The smallest absolute Gasteiger partial charge is 0.221 e. The van der Waals surface area contributed by atoms with Crippen LogP contribution in [0.2, 0.25) is 0 Å². The largest absolute Gasteiger partial charge is 0.356 e. The van der Waals surface area contributed by atoms with Gasteiger partial charge >= 0.3 is 0 Å². The maximum Gasteiger partial charge on any atom is 0.221 e. The summed E-state index contributed by atoms with van der Waals surface area (Å²) in [5.41, 5.74) is 0. The lowest BCUT2D eigenvalue weighted by Crippen LogP contribution is -2.28. The first-order valence-electron chi connectivity index (χ1n) is 5.26. The Morgan fingerprint density at radius 3 is 2.57 bits per heavy atom. The summed E-state index contributed by atoms with van der Waals surface area (Å²) in [5.74, 6) is 0.344. The first-order chi connectivity index (χ1) is 6.60. The average Bonchev–Trinajstić information content (AvgIpc) is 2.14. The molecule has 0 rings (SSSR count). The maximum atomic E-state index is 11.3. The Morgan fingerprint density at radius 1 is 1.50 bits per heavy atom. The minimum atomic E-state index is -0.118. The average molecular weight is 196 g/mol. The van der Waals surface area contributed by atoms with Gasteiger partial charge in [0.1, 0.15) is 0 Å². The molecule has 80 valence electrons. The fourth-order valence-electron chi connectivity index (χ4n) is 1.17. The van der Waals surface area contributed by atoms with Crippen molar-refractivity contribution in [2.75, 3.05) is 6.54 Å². The van der Waals surface area contributed by atoms with Crippen LogP contribution in [0.1, 0.15) is 40.0 Å². The molecule has 1 amide bonds. The minimum Gasteiger partial charge on any atom is -0.356 e. The molecular weight excluding hydrogens is 176 g/mol. The third-order valence-corrected chi connectivity index (χ3v) is 1.96. The molecule has 0 saturated heterocycles. The third-order valence-electron chi connectivity index (χ3n) is 1.96. The van der Waals surface area contributed by atoms with Crippen molar-refractivity contribution in [3.05, 3.63) is 0 Å². The van der Waals surface area contributed by atoms with Gasteiger partial charge in [-0.3, -0.25) is 4.79 Å². The predicted octanol–water partition coefficient (Wildman–Crippen LogP) is 2.09. The number of amides is 1. The van der Waals surface area contributed by atoms with Gasteiger partial charge in [-0.05, 0) is 12.3 Å². The van der Waals surface area contributed by atoms with Crippen LogP contribution in [0.15, 0.2) is 0 Å². The van der Waals surface area contributed by atoms with Crippen molar-refractivity contribution in [2.45, 2.75) is 40.0 Å². The maximum absolute atomic E-state index is 11.3. The van der Waals surface area contributed by atoms with Crippen LogP contribution in [0.5, 0.6) is 0 Å². The zero-order valence-corrected chi connectivity index (χ0v) is 9.34. The number of nitrogens with zero attached hydrogens (tertiary/aromatic N) is 1. The van der Waals surface area contributed by atoms with Gasteiger partial charge in [0.25, 0.3) is 0 Å². The molecule has 14 heavy (non-hydrogen) atoms. The van der Waals surface area contributed by atoms with Gasteiger partial charge in [-0.25, -0.2) is 0 Å². The molecule has 0 spiro atoms. The number of hydrogen-bond donors (Lipinski definition) is 1. The van der Waals surface area contributed by atoms with Gasteiger partial charge in [0.05, 0.1) is 12.0 Å². The lowest BCUT2D eigenvalue weighted by Gasteiger charge is -2.09. The Kier molecular flexibility index (Phi) is 6.82. The molecule has 0 aromatic carbocycles. The van der Waals surface area contributed by atoms with E-state index in [-0.39, 0.29) is 11.8 Å². The SMILES string of the molecule is CCCC(C#N)CC(=O)NCC(C)C. The monoisotopic (exact) mass is 196 g/mol. The van der Waals surface area contributed by atoms with E-state index >= 15 is 0 Å². The van der Waals surface area contributed by atoms with Crippen molar-refractivity contribution >= 4 is 5.91 Å². The van der Waals surface area contributed by atoms with E-state index in [0.29, 0.717) is 18.9 Å². The third kappa shape index (κ3) is 6.47. The molecule has 0 fully saturated rings. The topological polar surface area (TPSA) is 52.9 Å². The Bertz CT molecular complexity index is 206. The molecule has 0 aromatic rings. The summed E-state index contributed by atoms with van der Waals surface area (Å²) in [6.45, 7) is 6.82. The zero-order chi connectivity index (χ0) is 11.0. The van der Waals surface area contributed by atoms with Crippen LogP contribution >= 0.6 is 0 Å². The first-order valence-corrected chi connectivity index (χ1v) is 5.26. The summed E-state index contributed by atoms with van der Waals surface area (Å²) in [5, 5.41) is 11.6. The number of nitriles is 1. The second-order valence-corrected chi connectivity index (χ2v) is 4.02. The summed E-state index contributed by atoms with van der Waals surface area (Å²) in [6, 6.07) is 2.16. The number of rotatable bonds is 6. The van der Waals surface area contributed by atoms with Crippen LogP contribution in [-0.2, 0) is 4.79 Å². The van der Waals surface area contributed by atoms with Gasteiger partial charge in [-0.2, -0.15) is 5.26 Å². The highest BCUT2D eigenvalue weighted by Crippen LogP contribution is 2.09. The summed E-state index contributed by atoms with van der Waals surface area (Å²) >= 11 is 0. The second-order valence-electron chi connectivity index (χ2n) is 4.02. The molecule has 0 aliphatic heterocycles. The van der Waals surface area contributed by atoms with Gasteiger partial charge in [-0.15, -0.1) is 0 Å². The van der Waals surface area contributed by atoms with Crippen molar-refractivity contribution < 1.29 is 4.79 Å². The molecule has 0 saturated carbocycles. The van der Waals surface area contributed by atoms with Crippen LogP contribution in [0.25, 0.3) is 0 Å². The fraction of sp³-hybridized carbons (Fsp3) is 0.818. The van der Waals surface area contributed by atoms with Gasteiger partial charge in [0, 0.05) is 13.0 Å². The van der Waals surface area contributed by atoms with E-state index in [1.807, 2.05) is 20.8 Å². The summed E-state index contributed by atoms with van der Waals surface area (Å²) in [7, 11) is 0. The van der Waals surface area contributed by atoms with Gasteiger partial charge in [0.15, 0.2) is 0 Å². The van der Waals surface area contributed by atoms with E-state index in [1.165, 1.54) is 0 Å². The van der Waals surface area contributed by atoms with E-state index in [2.05, 4.69) is 11.4 Å². The first kappa shape index (κ1) is 13.0. The number of carbonyl (C=O) groups is 1. The van der Waals surface area contributed by atoms with Crippen LogP contribution in [0.4, 0.5) is 0 Å². The molecule has 1 atom stereocenters. The number of carbonyl (C=O) groups excluding carboxylic acids is 1. The van der Waals surface area contributed by atoms with Crippen LogP contribution < -0.4 is 5.32 Å². The molecule has 0 heterocycles. The van der Waals surface area contributed by atoms with Crippen LogP contribution in [0.3, 0.4) is 0 Å². The summed E-state index contributed by atoms with van der Waals surface area (Å²) in [4.78, 5) is 11.3. The second kappa shape index (κ2) is 7.37.